The number of hydrogen-bond acceptors (Lipinski definition) is 5. The Kier molecular flexibility index (Phi) is 2.88. The van der Waals surface area contributed by atoms with Crippen LogP contribution in [0.3, 0.4) is 0 Å². The van der Waals surface area contributed by atoms with Gasteiger partial charge in [0.1, 0.15) is 5.82 Å². The third kappa shape index (κ3) is 2.17. The maximum atomic E-state index is 13.7. The van der Waals surface area contributed by atoms with Gasteiger partial charge in [-0.15, -0.1) is 5.10 Å². The maximum Gasteiger partial charge on any atom is 0.182 e. The zero-order valence-electron chi connectivity index (χ0n) is 11.4. The van der Waals surface area contributed by atoms with Crippen LogP contribution in [0, 0.1) is 11.7 Å². The molecule has 110 valence electrons. The van der Waals surface area contributed by atoms with E-state index in [1.807, 2.05) is 0 Å². The number of halogens is 1. The molecule has 0 radical (unpaired) electrons. The average Bonchev–Trinajstić information content (AvgIpc) is 3.02. The largest absolute Gasteiger partial charge is 0.396 e. The van der Waals surface area contributed by atoms with Crippen molar-refractivity contribution in [3.8, 4) is 11.4 Å². The summed E-state index contributed by atoms with van der Waals surface area (Å²) in [6.45, 7) is 0.723. The molecule has 7 heteroatoms. The Morgan fingerprint density at radius 1 is 1.29 bits per heavy atom. The van der Waals surface area contributed by atoms with E-state index in [0.717, 1.165) is 13.0 Å². The van der Waals surface area contributed by atoms with Gasteiger partial charge in [0.25, 0.3) is 0 Å². The van der Waals surface area contributed by atoms with E-state index in [4.69, 9.17) is 10.5 Å². The van der Waals surface area contributed by atoms with Gasteiger partial charge in [-0.3, -0.25) is 0 Å². The Hall–Kier alpha value is -2.02. The summed E-state index contributed by atoms with van der Waals surface area (Å²) in [5.74, 6) is 0.719. The number of anilines is 1. The number of ether oxygens (including phenoxy) is 1. The number of nitrogens with zero attached hydrogens (tertiary/aromatic N) is 4. The van der Waals surface area contributed by atoms with Crippen LogP contribution in [0.2, 0.25) is 0 Å². The van der Waals surface area contributed by atoms with E-state index in [1.165, 1.54) is 25.0 Å². The van der Waals surface area contributed by atoms with Crippen molar-refractivity contribution in [3.63, 3.8) is 0 Å². The van der Waals surface area contributed by atoms with Crippen molar-refractivity contribution < 1.29 is 9.13 Å². The highest BCUT2D eigenvalue weighted by molar-refractivity contribution is 5.59. The average molecular weight is 289 g/mol. The molecule has 1 aliphatic carbocycles. The van der Waals surface area contributed by atoms with Crippen molar-refractivity contribution in [2.75, 3.05) is 12.3 Å². The molecule has 2 unspecified atom stereocenters. The first-order chi connectivity index (χ1) is 10.2. The van der Waals surface area contributed by atoms with Crippen molar-refractivity contribution in [1.82, 2.24) is 20.2 Å². The zero-order valence-corrected chi connectivity index (χ0v) is 11.4. The summed E-state index contributed by atoms with van der Waals surface area (Å²) >= 11 is 0. The number of benzene rings is 1. The third-order valence-electron chi connectivity index (χ3n) is 4.26. The third-order valence-corrected chi connectivity index (χ3v) is 4.26. The Balaban J connectivity index is 1.71. The van der Waals surface area contributed by atoms with Crippen LogP contribution in [-0.4, -0.2) is 32.9 Å². The first kappa shape index (κ1) is 12.7. The smallest absolute Gasteiger partial charge is 0.182 e. The summed E-state index contributed by atoms with van der Waals surface area (Å²) in [6.07, 6.45) is 3.46. The molecule has 1 aromatic carbocycles. The minimum absolute atomic E-state index is 0.123. The van der Waals surface area contributed by atoms with E-state index in [9.17, 15) is 4.39 Å². The Morgan fingerprint density at radius 2 is 2.14 bits per heavy atom. The van der Waals surface area contributed by atoms with Crippen LogP contribution in [0.15, 0.2) is 18.2 Å². The monoisotopic (exact) mass is 289 g/mol. The highest BCUT2D eigenvalue weighted by Gasteiger charge is 2.42. The Labute approximate surface area is 121 Å². The topological polar surface area (TPSA) is 78.9 Å². The first-order valence-corrected chi connectivity index (χ1v) is 7.19. The van der Waals surface area contributed by atoms with Gasteiger partial charge in [-0.05, 0) is 53.8 Å². The van der Waals surface area contributed by atoms with Crippen LogP contribution in [0.1, 0.15) is 25.3 Å². The molecular formula is C14H16FN5O. The minimum Gasteiger partial charge on any atom is -0.396 e. The summed E-state index contributed by atoms with van der Waals surface area (Å²) in [5.41, 5.74) is 6.27. The molecule has 2 N–H and O–H groups in total. The lowest BCUT2D eigenvalue weighted by atomic mass is 10.1. The van der Waals surface area contributed by atoms with Gasteiger partial charge in [-0.1, -0.05) is 0 Å². The predicted molar refractivity (Wildman–Crippen MR) is 73.7 cm³/mol. The maximum absolute atomic E-state index is 13.7. The van der Waals surface area contributed by atoms with Crippen LogP contribution < -0.4 is 5.73 Å². The summed E-state index contributed by atoms with van der Waals surface area (Å²) < 4.78 is 21.3. The summed E-state index contributed by atoms with van der Waals surface area (Å²) in [5, 5.41) is 11.9. The fourth-order valence-corrected chi connectivity index (χ4v) is 3.01. The van der Waals surface area contributed by atoms with E-state index in [1.54, 1.807) is 10.7 Å². The molecule has 0 bridgehead atoms. The van der Waals surface area contributed by atoms with E-state index >= 15 is 0 Å². The molecule has 2 fully saturated rings. The second-order valence-electron chi connectivity index (χ2n) is 5.71. The number of aromatic nitrogens is 4. The summed E-state index contributed by atoms with van der Waals surface area (Å²) in [4.78, 5) is 0. The second-order valence-corrected chi connectivity index (χ2v) is 5.71. The highest BCUT2D eigenvalue weighted by Crippen LogP contribution is 2.43. The van der Waals surface area contributed by atoms with Gasteiger partial charge in [0.05, 0.1) is 17.8 Å². The van der Waals surface area contributed by atoms with Crippen LogP contribution in [0.5, 0.6) is 0 Å². The number of nitrogen functional groups attached to an aromatic ring is 1. The molecule has 6 nitrogen and oxygen atoms in total. The van der Waals surface area contributed by atoms with Crippen LogP contribution in [0.25, 0.3) is 11.4 Å². The van der Waals surface area contributed by atoms with Crippen molar-refractivity contribution in [2.24, 2.45) is 5.92 Å². The van der Waals surface area contributed by atoms with Gasteiger partial charge < -0.3 is 10.5 Å². The normalized spacial score (nSPS) is 25.4. The molecule has 1 saturated carbocycles. The van der Waals surface area contributed by atoms with Crippen LogP contribution in [-0.2, 0) is 4.74 Å². The van der Waals surface area contributed by atoms with Crippen LogP contribution >= 0.6 is 0 Å². The quantitative estimate of drug-likeness (QED) is 0.872. The molecule has 2 aromatic rings. The highest BCUT2D eigenvalue weighted by atomic mass is 19.1. The van der Waals surface area contributed by atoms with E-state index in [-0.39, 0.29) is 17.8 Å². The fraction of sp³-hybridized carbons (Fsp3) is 0.500. The van der Waals surface area contributed by atoms with E-state index in [0.29, 0.717) is 17.3 Å². The molecule has 4 rings (SSSR count). The minimum atomic E-state index is -0.455. The van der Waals surface area contributed by atoms with Crippen molar-refractivity contribution in [2.45, 2.75) is 31.4 Å². The lowest BCUT2D eigenvalue weighted by Crippen LogP contribution is -2.23. The number of tetrazole rings is 1. The lowest BCUT2D eigenvalue weighted by molar-refractivity contribution is 0.0725. The predicted octanol–water partition coefficient (Wildman–Crippen LogP) is 1.80. The Bertz CT molecular complexity index is 669. The number of nitrogens with two attached hydrogens (primary N) is 1. The number of rotatable bonds is 3. The molecule has 1 saturated heterocycles. The fourth-order valence-electron chi connectivity index (χ4n) is 3.01. The molecule has 21 heavy (non-hydrogen) atoms. The van der Waals surface area contributed by atoms with E-state index in [2.05, 4.69) is 15.5 Å². The summed E-state index contributed by atoms with van der Waals surface area (Å²) in [6, 6.07) is 4.78. The van der Waals surface area contributed by atoms with Crippen molar-refractivity contribution in [1.29, 1.82) is 0 Å². The molecule has 2 heterocycles. The van der Waals surface area contributed by atoms with Crippen molar-refractivity contribution in [3.05, 3.63) is 24.0 Å². The zero-order chi connectivity index (χ0) is 14.4. The van der Waals surface area contributed by atoms with Gasteiger partial charge in [0.15, 0.2) is 5.82 Å². The summed E-state index contributed by atoms with van der Waals surface area (Å²) in [7, 11) is 0. The van der Waals surface area contributed by atoms with Crippen molar-refractivity contribution >= 4 is 5.69 Å². The second kappa shape index (κ2) is 4.77. The van der Waals surface area contributed by atoms with Gasteiger partial charge in [-0.25, -0.2) is 9.07 Å². The lowest BCUT2D eigenvalue weighted by Gasteiger charge is -2.19. The molecule has 2 atom stereocenters. The standard InChI is InChI=1S/C14H16FN5O/c15-10-7-9(3-4-11(10)16)14-17-18-19-20(14)12-5-6-21-13(12)8-1-2-8/h3-4,7-8,12-13H,1-2,5-6,16H2. The van der Waals surface area contributed by atoms with Gasteiger partial charge >= 0.3 is 0 Å². The van der Waals surface area contributed by atoms with Crippen LogP contribution in [0.4, 0.5) is 10.1 Å². The van der Waals surface area contributed by atoms with Gasteiger partial charge in [0.2, 0.25) is 0 Å². The van der Waals surface area contributed by atoms with Gasteiger partial charge in [0, 0.05) is 12.2 Å². The van der Waals surface area contributed by atoms with E-state index < -0.39 is 5.82 Å². The molecular weight excluding hydrogens is 273 g/mol. The molecule has 1 aromatic heterocycles. The molecule has 1 aliphatic heterocycles. The first-order valence-electron chi connectivity index (χ1n) is 7.19. The molecule has 0 amide bonds. The number of hydrogen-bond donors (Lipinski definition) is 1. The molecule has 2 aliphatic rings. The molecule has 0 spiro atoms. The Morgan fingerprint density at radius 3 is 2.90 bits per heavy atom. The SMILES string of the molecule is Nc1ccc(-c2nnnn2C2CCOC2C2CC2)cc1F. The van der Waals surface area contributed by atoms with Gasteiger partial charge in [-0.2, -0.15) is 0 Å².